The van der Waals surface area contributed by atoms with Gasteiger partial charge in [-0.25, -0.2) is 0 Å². The minimum Gasteiger partial charge on any atom is -0.497 e. The molecule has 0 amide bonds. The number of hydrogen-bond donors (Lipinski definition) is 1. The van der Waals surface area contributed by atoms with Crippen molar-refractivity contribution in [1.29, 1.82) is 0 Å². The highest BCUT2D eigenvalue weighted by Crippen LogP contribution is 2.27. The number of aromatic nitrogens is 3. The average molecular weight is 319 g/mol. The summed E-state index contributed by atoms with van der Waals surface area (Å²) in [4.78, 5) is 11.0. The van der Waals surface area contributed by atoms with E-state index in [9.17, 15) is 4.79 Å². The predicted octanol–water partition coefficient (Wildman–Crippen LogP) is 2.70. The number of carboxylic acids is 1. The summed E-state index contributed by atoms with van der Waals surface area (Å²) >= 11 is 1.16. The molecule has 1 heterocycles. The van der Waals surface area contributed by atoms with Crippen LogP contribution in [0.15, 0.2) is 42.1 Å². The van der Waals surface area contributed by atoms with E-state index in [2.05, 4.69) is 16.8 Å². The van der Waals surface area contributed by atoms with Crippen LogP contribution in [0.25, 0.3) is 11.4 Å². The Kier molecular flexibility index (Phi) is 5.21. The molecule has 1 unspecified atom stereocenters. The van der Waals surface area contributed by atoms with Crippen molar-refractivity contribution in [3.63, 3.8) is 0 Å². The molecule has 0 saturated carbocycles. The third kappa shape index (κ3) is 3.48. The number of carboxylic acid groups (broad SMARTS) is 1. The summed E-state index contributed by atoms with van der Waals surface area (Å²) in [6.45, 7) is 5.85. The number of allylic oxidation sites excluding steroid dienone is 1. The van der Waals surface area contributed by atoms with E-state index >= 15 is 0 Å². The zero-order chi connectivity index (χ0) is 16.1. The molecule has 22 heavy (non-hydrogen) atoms. The molecule has 1 atom stereocenters. The summed E-state index contributed by atoms with van der Waals surface area (Å²) in [5, 5.41) is 17.3. The van der Waals surface area contributed by atoms with Crippen LogP contribution in [0.3, 0.4) is 0 Å². The second-order valence-corrected chi connectivity index (χ2v) is 5.84. The van der Waals surface area contributed by atoms with E-state index in [4.69, 9.17) is 9.84 Å². The van der Waals surface area contributed by atoms with Crippen LogP contribution in [0, 0.1) is 0 Å². The van der Waals surface area contributed by atoms with Gasteiger partial charge in [0.25, 0.3) is 0 Å². The molecule has 1 aromatic carbocycles. The lowest BCUT2D eigenvalue weighted by molar-refractivity contribution is -0.136. The highest BCUT2D eigenvalue weighted by molar-refractivity contribution is 8.00. The van der Waals surface area contributed by atoms with Crippen molar-refractivity contribution in [2.75, 3.05) is 7.11 Å². The second kappa shape index (κ2) is 7.13. The summed E-state index contributed by atoms with van der Waals surface area (Å²) in [7, 11) is 1.61. The Hall–Kier alpha value is -2.28. The van der Waals surface area contributed by atoms with E-state index in [1.807, 2.05) is 28.8 Å². The molecular formula is C15H17N3O3S. The molecule has 0 bridgehead atoms. The molecule has 6 nitrogen and oxygen atoms in total. The van der Waals surface area contributed by atoms with Crippen LogP contribution in [-0.2, 0) is 11.3 Å². The first kappa shape index (κ1) is 16.1. The van der Waals surface area contributed by atoms with Crippen molar-refractivity contribution < 1.29 is 14.6 Å². The Morgan fingerprint density at radius 1 is 1.45 bits per heavy atom. The summed E-state index contributed by atoms with van der Waals surface area (Å²) in [5.74, 6) is 0.541. The van der Waals surface area contributed by atoms with E-state index < -0.39 is 11.2 Å². The predicted molar refractivity (Wildman–Crippen MR) is 85.2 cm³/mol. The van der Waals surface area contributed by atoms with Gasteiger partial charge in [-0.05, 0) is 31.2 Å². The fourth-order valence-corrected chi connectivity index (χ4v) is 2.62. The van der Waals surface area contributed by atoms with Crippen LogP contribution in [0.2, 0.25) is 0 Å². The number of thioether (sulfide) groups is 1. The molecule has 116 valence electrons. The lowest BCUT2D eigenvalue weighted by Gasteiger charge is -2.09. The fourth-order valence-electron chi connectivity index (χ4n) is 1.83. The topological polar surface area (TPSA) is 77.2 Å². The van der Waals surface area contributed by atoms with Crippen LogP contribution in [0.5, 0.6) is 5.75 Å². The lowest BCUT2D eigenvalue weighted by atomic mass is 10.2. The first-order chi connectivity index (χ1) is 10.6. The highest BCUT2D eigenvalue weighted by Gasteiger charge is 2.19. The van der Waals surface area contributed by atoms with Crippen LogP contribution >= 0.6 is 11.8 Å². The summed E-state index contributed by atoms with van der Waals surface area (Å²) in [5.41, 5.74) is 0.880. The Labute approximate surface area is 132 Å². The van der Waals surface area contributed by atoms with Gasteiger partial charge in [-0.2, -0.15) is 0 Å². The van der Waals surface area contributed by atoms with Crippen LogP contribution in [0.4, 0.5) is 0 Å². The maximum atomic E-state index is 11.0. The van der Waals surface area contributed by atoms with Gasteiger partial charge in [0, 0.05) is 12.1 Å². The van der Waals surface area contributed by atoms with Crippen LogP contribution < -0.4 is 4.74 Å². The minimum atomic E-state index is -0.885. The lowest BCUT2D eigenvalue weighted by Crippen LogP contribution is -2.13. The standard InChI is InChI=1S/C15H17N3O3S/c1-4-9-18-13(11-5-7-12(21-3)8-6-11)16-17-15(18)22-10(2)14(19)20/h4-8,10H,1,9H2,2-3H3,(H,19,20). The maximum absolute atomic E-state index is 11.0. The van der Waals surface area contributed by atoms with Gasteiger partial charge in [0.1, 0.15) is 11.0 Å². The number of aliphatic carboxylic acids is 1. The van der Waals surface area contributed by atoms with Crippen LogP contribution in [0.1, 0.15) is 6.92 Å². The van der Waals surface area contributed by atoms with Gasteiger partial charge in [0.05, 0.1) is 7.11 Å². The van der Waals surface area contributed by atoms with Crippen molar-refractivity contribution in [2.24, 2.45) is 0 Å². The summed E-state index contributed by atoms with van der Waals surface area (Å²) in [6, 6.07) is 7.46. The fraction of sp³-hybridized carbons (Fsp3) is 0.267. The molecule has 0 spiro atoms. The van der Waals surface area contributed by atoms with Gasteiger partial charge in [0.15, 0.2) is 11.0 Å². The first-order valence-corrected chi connectivity index (χ1v) is 7.52. The molecule has 0 fully saturated rings. The van der Waals surface area contributed by atoms with Crippen molar-refractivity contribution in [3.8, 4) is 17.1 Å². The molecule has 0 aliphatic heterocycles. The molecule has 2 rings (SSSR count). The largest absolute Gasteiger partial charge is 0.497 e. The van der Waals surface area contributed by atoms with Gasteiger partial charge in [-0.3, -0.25) is 9.36 Å². The van der Waals surface area contributed by atoms with Gasteiger partial charge in [-0.1, -0.05) is 17.8 Å². The third-order valence-electron chi connectivity index (χ3n) is 3.01. The van der Waals surface area contributed by atoms with Crippen molar-refractivity contribution >= 4 is 17.7 Å². The van der Waals surface area contributed by atoms with Gasteiger partial charge in [-0.15, -0.1) is 16.8 Å². The molecule has 0 aliphatic carbocycles. The Bertz CT molecular complexity index is 667. The first-order valence-electron chi connectivity index (χ1n) is 6.64. The van der Waals surface area contributed by atoms with Crippen LogP contribution in [-0.4, -0.2) is 38.2 Å². The molecule has 1 N–H and O–H groups in total. The van der Waals surface area contributed by atoms with E-state index in [-0.39, 0.29) is 0 Å². The Balaban J connectivity index is 2.36. The normalized spacial score (nSPS) is 11.9. The number of ether oxygens (including phenoxy) is 1. The van der Waals surface area contributed by atoms with Gasteiger partial charge < -0.3 is 9.84 Å². The average Bonchev–Trinajstić information content (AvgIpc) is 2.90. The Morgan fingerprint density at radius 2 is 2.14 bits per heavy atom. The molecule has 0 saturated heterocycles. The molecular weight excluding hydrogens is 302 g/mol. The van der Waals surface area contributed by atoms with Crippen molar-refractivity contribution in [2.45, 2.75) is 23.9 Å². The second-order valence-electron chi connectivity index (χ2n) is 4.53. The molecule has 0 radical (unpaired) electrons. The van der Waals surface area contributed by atoms with Gasteiger partial charge in [0.2, 0.25) is 0 Å². The molecule has 7 heteroatoms. The number of carbonyl (C=O) groups is 1. The third-order valence-corrected chi connectivity index (χ3v) is 4.07. The molecule has 0 aliphatic rings. The minimum absolute atomic E-state index is 0.503. The van der Waals surface area contributed by atoms with Gasteiger partial charge >= 0.3 is 5.97 Å². The maximum Gasteiger partial charge on any atom is 0.316 e. The Morgan fingerprint density at radius 3 is 2.68 bits per heavy atom. The SMILES string of the molecule is C=CCn1c(SC(C)C(=O)O)nnc1-c1ccc(OC)cc1. The smallest absolute Gasteiger partial charge is 0.316 e. The van der Waals surface area contributed by atoms with Crippen molar-refractivity contribution in [1.82, 2.24) is 14.8 Å². The molecule has 1 aromatic heterocycles. The number of nitrogens with zero attached hydrogens (tertiary/aromatic N) is 3. The van der Waals surface area contributed by atoms with E-state index in [0.717, 1.165) is 23.1 Å². The summed E-state index contributed by atoms with van der Waals surface area (Å²) < 4.78 is 6.98. The highest BCUT2D eigenvalue weighted by atomic mass is 32.2. The zero-order valence-corrected chi connectivity index (χ0v) is 13.2. The number of benzene rings is 1. The van der Waals surface area contributed by atoms with E-state index in [0.29, 0.717) is 17.5 Å². The molecule has 2 aromatic rings. The number of rotatable bonds is 7. The number of methoxy groups -OCH3 is 1. The zero-order valence-electron chi connectivity index (χ0n) is 12.4. The van der Waals surface area contributed by atoms with Crippen molar-refractivity contribution in [3.05, 3.63) is 36.9 Å². The van der Waals surface area contributed by atoms with E-state index in [1.165, 1.54) is 0 Å². The van der Waals surface area contributed by atoms with E-state index in [1.54, 1.807) is 20.1 Å². The monoisotopic (exact) mass is 319 g/mol. The summed E-state index contributed by atoms with van der Waals surface area (Å²) in [6.07, 6.45) is 1.73. The quantitative estimate of drug-likeness (QED) is 0.624. The number of hydrogen-bond acceptors (Lipinski definition) is 5.